The molecule has 2 aromatic carbocycles. The molecule has 2 aromatic heterocycles. The summed E-state index contributed by atoms with van der Waals surface area (Å²) < 4.78 is 5.81. The van der Waals surface area contributed by atoms with Crippen molar-refractivity contribution < 1.29 is 19.2 Å². The molecule has 1 aliphatic heterocycles. The number of aromatic nitrogens is 3. The third-order valence-corrected chi connectivity index (χ3v) is 6.25. The zero-order valence-corrected chi connectivity index (χ0v) is 21.4. The van der Waals surface area contributed by atoms with E-state index in [1.165, 1.54) is 30.5 Å². The zero-order chi connectivity index (χ0) is 27.9. The average molecular weight is 543 g/mol. The summed E-state index contributed by atoms with van der Waals surface area (Å²) in [4.78, 5) is 37.2. The molecule has 13 heteroatoms. The fourth-order valence-electron chi connectivity index (χ4n) is 4.19. The quantitative estimate of drug-likeness (QED) is 0.142. The Labute approximate surface area is 228 Å². The highest BCUT2D eigenvalue weighted by atomic mass is 16.6. The van der Waals surface area contributed by atoms with Crippen molar-refractivity contribution in [1.29, 1.82) is 0 Å². The molecule has 3 heterocycles. The minimum Gasteiger partial charge on any atom is -0.478 e. The van der Waals surface area contributed by atoms with Gasteiger partial charge in [0.2, 0.25) is 17.8 Å². The lowest BCUT2D eigenvalue weighted by Gasteiger charge is -2.21. The molecule has 0 unspecified atom stereocenters. The number of nitrogens with zero attached hydrogens (tertiary/aromatic N) is 6. The van der Waals surface area contributed by atoms with Crippen molar-refractivity contribution in [3.63, 3.8) is 0 Å². The Kier molecular flexibility index (Phi) is 7.90. The molecule has 0 amide bonds. The Balaban J connectivity index is 1.33. The molecule has 0 aliphatic carbocycles. The van der Waals surface area contributed by atoms with Gasteiger partial charge in [-0.3, -0.25) is 10.1 Å². The van der Waals surface area contributed by atoms with Gasteiger partial charge in [0.05, 0.1) is 16.7 Å². The maximum atomic E-state index is 11.1. The molecule has 0 atom stereocenters. The van der Waals surface area contributed by atoms with E-state index in [-0.39, 0.29) is 23.1 Å². The van der Waals surface area contributed by atoms with Gasteiger partial charge in [-0.2, -0.15) is 20.1 Å². The first-order valence-corrected chi connectivity index (χ1v) is 12.7. The maximum Gasteiger partial charge on any atom is 0.335 e. The number of anilines is 4. The van der Waals surface area contributed by atoms with E-state index in [4.69, 9.17) is 9.52 Å². The SMILES string of the molecule is O=C(O)c1ccc(-c2ccc(C=NNc3nc(Nc4ccc([N+](=O)[O-])cc4)nc(N4CCCCCC4)n3)o2)cc1. The van der Waals surface area contributed by atoms with E-state index in [1.807, 2.05) is 0 Å². The van der Waals surface area contributed by atoms with E-state index in [1.54, 1.807) is 36.4 Å². The summed E-state index contributed by atoms with van der Waals surface area (Å²) in [6, 6.07) is 15.9. The van der Waals surface area contributed by atoms with Crippen LogP contribution < -0.4 is 15.6 Å². The van der Waals surface area contributed by atoms with Crippen LogP contribution >= 0.6 is 0 Å². The molecule has 4 aromatic rings. The molecule has 5 rings (SSSR count). The number of furan rings is 1. The minimum absolute atomic E-state index is 0.0125. The second-order valence-electron chi connectivity index (χ2n) is 9.07. The van der Waals surface area contributed by atoms with Crippen molar-refractivity contribution in [3.8, 4) is 11.3 Å². The van der Waals surface area contributed by atoms with Crippen LogP contribution in [0.2, 0.25) is 0 Å². The first kappa shape index (κ1) is 26.3. The number of nitro benzene ring substituents is 1. The van der Waals surface area contributed by atoms with Crippen LogP contribution in [0.25, 0.3) is 11.3 Å². The van der Waals surface area contributed by atoms with Crippen LogP contribution in [0.4, 0.5) is 29.2 Å². The van der Waals surface area contributed by atoms with Gasteiger partial charge in [0.25, 0.3) is 5.69 Å². The van der Waals surface area contributed by atoms with E-state index in [0.29, 0.717) is 23.2 Å². The average Bonchev–Trinajstić information content (AvgIpc) is 3.25. The molecule has 0 radical (unpaired) electrons. The van der Waals surface area contributed by atoms with Crippen molar-refractivity contribution in [2.45, 2.75) is 25.7 Å². The Bertz CT molecular complexity index is 1510. The summed E-state index contributed by atoms with van der Waals surface area (Å²) in [6.45, 7) is 1.65. The van der Waals surface area contributed by atoms with Crippen molar-refractivity contribution in [3.05, 3.63) is 82.1 Å². The van der Waals surface area contributed by atoms with Crippen LogP contribution in [-0.2, 0) is 0 Å². The molecule has 40 heavy (non-hydrogen) atoms. The highest BCUT2D eigenvalue weighted by Gasteiger charge is 2.16. The topological polar surface area (TPSA) is 172 Å². The lowest BCUT2D eigenvalue weighted by Crippen LogP contribution is -2.26. The lowest BCUT2D eigenvalue weighted by atomic mass is 10.1. The molecule has 0 spiro atoms. The van der Waals surface area contributed by atoms with E-state index < -0.39 is 10.9 Å². The van der Waals surface area contributed by atoms with Crippen LogP contribution in [-0.4, -0.2) is 50.3 Å². The number of hydrogen-bond donors (Lipinski definition) is 3. The zero-order valence-electron chi connectivity index (χ0n) is 21.4. The molecule has 1 aliphatic rings. The molecule has 204 valence electrons. The Morgan fingerprint density at radius 3 is 2.33 bits per heavy atom. The molecule has 3 N–H and O–H groups in total. The maximum absolute atomic E-state index is 11.1. The lowest BCUT2D eigenvalue weighted by molar-refractivity contribution is -0.384. The van der Waals surface area contributed by atoms with Crippen LogP contribution in [0, 0.1) is 10.1 Å². The Morgan fingerprint density at radius 1 is 0.950 bits per heavy atom. The summed E-state index contributed by atoms with van der Waals surface area (Å²) in [7, 11) is 0. The number of carbonyl (C=O) groups is 1. The number of carboxylic acid groups (broad SMARTS) is 1. The fourth-order valence-corrected chi connectivity index (χ4v) is 4.19. The number of non-ortho nitro benzene ring substituents is 1. The van der Waals surface area contributed by atoms with Crippen molar-refractivity contribution >= 4 is 41.4 Å². The third kappa shape index (κ3) is 6.56. The fraction of sp³-hybridized carbons (Fsp3) is 0.222. The number of nitro groups is 1. The largest absolute Gasteiger partial charge is 0.478 e. The summed E-state index contributed by atoms with van der Waals surface area (Å²) in [5.74, 6) is 1.03. The second kappa shape index (κ2) is 12.0. The van der Waals surface area contributed by atoms with Crippen LogP contribution in [0.15, 0.2) is 70.2 Å². The predicted molar refractivity (Wildman–Crippen MR) is 149 cm³/mol. The second-order valence-corrected chi connectivity index (χ2v) is 9.07. The van der Waals surface area contributed by atoms with E-state index >= 15 is 0 Å². The van der Waals surface area contributed by atoms with Gasteiger partial charge in [-0.05, 0) is 49.2 Å². The number of aromatic carboxylic acids is 1. The van der Waals surface area contributed by atoms with Gasteiger partial charge < -0.3 is 19.7 Å². The van der Waals surface area contributed by atoms with Crippen LogP contribution in [0.3, 0.4) is 0 Å². The van der Waals surface area contributed by atoms with Gasteiger partial charge in [0.1, 0.15) is 11.5 Å². The molecule has 0 saturated carbocycles. The molecule has 0 bridgehead atoms. The van der Waals surface area contributed by atoms with Gasteiger partial charge in [0, 0.05) is 36.5 Å². The summed E-state index contributed by atoms with van der Waals surface area (Å²) >= 11 is 0. The number of carboxylic acids is 1. The van der Waals surface area contributed by atoms with Gasteiger partial charge in [-0.15, -0.1) is 0 Å². The van der Waals surface area contributed by atoms with Crippen molar-refractivity contribution in [1.82, 2.24) is 15.0 Å². The van der Waals surface area contributed by atoms with Gasteiger partial charge in [-0.25, -0.2) is 10.2 Å². The van der Waals surface area contributed by atoms with E-state index in [2.05, 4.69) is 35.7 Å². The minimum atomic E-state index is -0.992. The molecule has 13 nitrogen and oxygen atoms in total. The number of nitrogens with one attached hydrogen (secondary N) is 2. The van der Waals surface area contributed by atoms with Crippen molar-refractivity contribution in [2.24, 2.45) is 5.10 Å². The number of benzene rings is 2. The number of hydrogen-bond acceptors (Lipinski definition) is 11. The summed E-state index contributed by atoms with van der Waals surface area (Å²) in [5, 5.41) is 27.4. The van der Waals surface area contributed by atoms with E-state index in [9.17, 15) is 14.9 Å². The van der Waals surface area contributed by atoms with Crippen molar-refractivity contribution in [2.75, 3.05) is 28.7 Å². The predicted octanol–water partition coefficient (Wildman–Crippen LogP) is 5.31. The summed E-state index contributed by atoms with van der Waals surface area (Å²) in [6.07, 6.45) is 5.86. The Morgan fingerprint density at radius 2 is 1.65 bits per heavy atom. The van der Waals surface area contributed by atoms with Crippen LogP contribution in [0.1, 0.15) is 41.8 Å². The normalized spacial score (nSPS) is 13.7. The standard InChI is InChI=1S/C27H26N8O5/c36-24(37)19-7-5-18(6-8-19)23-14-13-22(40-23)17-28-33-26-30-25(29-20-9-11-21(12-10-20)35(38)39)31-27(32-26)34-15-3-1-2-4-16-34/h5-14,17H,1-4,15-16H2,(H,36,37)(H2,29,30,31,32,33). The highest BCUT2D eigenvalue weighted by Crippen LogP contribution is 2.24. The monoisotopic (exact) mass is 542 g/mol. The first-order chi connectivity index (χ1) is 19.4. The molecular weight excluding hydrogens is 516 g/mol. The molecular formula is C27H26N8O5. The molecule has 1 fully saturated rings. The van der Waals surface area contributed by atoms with Crippen LogP contribution in [0.5, 0.6) is 0 Å². The van der Waals surface area contributed by atoms with Gasteiger partial charge in [-0.1, -0.05) is 25.0 Å². The highest BCUT2D eigenvalue weighted by molar-refractivity contribution is 5.88. The molecule has 1 saturated heterocycles. The van der Waals surface area contributed by atoms with Gasteiger partial charge >= 0.3 is 5.97 Å². The third-order valence-electron chi connectivity index (χ3n) is 6.25. The number of hydrazone groups is 1. The van der Waals surface area contributed by atoms with E-state index in [0.717, 1.165) is 44.3 Å². The van der Waals surface area contributed by atoms with Gasteiger partial charge in [0.15, 0.2) is 0 Å². The smallest absolute Gasteiger partial charge is 0.335 e. The first-order valence-electron chi connectivity index (χ1n) is 12.7. The Hall–Kier alpha value is -5.33. The number of rotatable bonds is 9. The summed E-state index contributed by atoms with van der Waals surface area (Å²) in [5.41, 5.74) is 4.34.